The zero-order valence-electron chi connectivity index (χ0n) is 18.7. The molecule has 1 aromatic heterocycles. The maximum atomic E-state index is 12.5. The Morgan fingerprint density at radius 1 is 1.03 bits per heavy atom. The van der Waals surface area contributed by atoms with Crippen molar-refractivity contribution in [3.63, 3.8) is 0 Å². The second-order valence-corrected chi connectivity index (χ2v) is 8.81. The predicted octanol–water partition coefficient (Wildman–Crippen LogP) is 5.09. The normalized spacial score (nSPS) is 11.4. The molecular weight excluding hydrogens is 390 g/mol. The molecule has 6 heteroatoms. The van der Waals surface area contributed by atoms with Crippen LogP contribution in [0.2, 0.25) is 0 Å². The number of aromatic nitrogens is 2. The lowest BCUT2D eigenvalue weighted by atomic mass is 9.92. The van der Waals surface area contributed by atoms with Crippen LogP contribution in [-0.2, 0) is 14.9 Å². The number of hydrogen-bond donors (Lipinski definition) is 1. The van der Waals surface area contributed by atoms with E-state index in [0.717, 1.165) is 16.9 Å². The number of amides is 1. The third kappa shape index (κ3) is 5.60. The molecular formula is C25H29N3O3. The maximum absolute atomic E-state index is 12.5. The largest absolute Gasteiger partial charge is 0.452 e. The summed E-state index contributed by atoms with van der Waals surface area (Å²) >= 11 is 0. The van der Waals surface area contributed by atoms with Crippen LogP contribution in [0.4, 0.5) is 5.82 Å². The number of ether oxygens (including phenoxy) is 1. The lowest BCUT2D eigenvalue weighted by Crippen LogP contribution is -2.22. The van der Waals surface area contributed by atoms with Crippen molar-refractivity contribution < 1.29 is 14.3 Å². The first-order valence-corrected chi connectivity index (χ1v) is 10.4. The average molecular weight is 420 g/mol. The van der Waals surface area contributed by atoms with Crippen molar-refractivity contribution >= 4 is 17.7 Å². The zero-order chi connectivity index (χ0) is 22.6. The van der Waals surface area contributed by atoms with Crippen LogP contribution in [0, 0.1) is 0 Å². The van der Waals surface area contributed by atoms with Gasteiger partial charge >= 0.3 is 5.97 Å². The second kappa shape index (κ2) is 9.16. The summed E-state index contributed by atoms with van der Waals surface area (Å²) in [7, 11) is 0. The molecule has 0 atom stereocenters. The molecule has 162 valence electrons. The van der Waals surface area contributed by atoms with Crippen molar-refractivity contribution in [3.05, 3.63) is 77.5 Å². The number of anilines is 1. The van der Waals surface area contributed by atoms with Crippen molar-refractivity contribution in [2.75, 3.05) is 11.9 Å². The fourth-order valence-electron chi connectivity index (χ4n) is 3.00. The monoisotopic (exact) mass is 419 g/mol. The Morgan fingerprint density at radius 2 is 1.68 bits per heavy atom. The quantitative estimate of drug-likeness (QED) is 0.565. The average Bonchev–Trinajstić information content (AvgIpc) is 3.17. The molecule has 1 N–H and O–H groups in total. The van der Waals surface area contributed by atoms with E-state index < -0.39 is 11.9 Å². The molecule has 0 saturated heterocycles. The lowest BCUT2D eigenvalue weighted by Gasteiger charge is -2.14. The first-order valence-electron chi connectivity index (χ1n) is 10.4. The molecule has 0 aliphatic rings. The first kappa shape index (κ1) is 22.3. The van der Waals surface area contributed by atoms with Gasteiger partial charge in [-0.2, -0.15) is 5.10 Å². The summed E-state index contributed by atoms with van der Waals surface area (Å²) in [6, 6.07) is 18.6. The highest BCUT2D eigenvalue weighted by atomic mass is 16.5. The van der Waals surface area contributed by atoms with Crippen molar-refractivity contribution in [1.29, 1.82) is 0 Å². The zero-order valence-corrected chi connectivity index (χ0v) is 18.7. The number of nitrogens with one attached hydrogen (secondary N) is 1. The number of hydrogen-bond acceptors (Lipinski definition) is 4. The Balaban J connectivity index is 1.70. The summed E-state index contributed by atoms with van der Waals surface area (Å²) in [4.78, 5) is 24.8. The Morgan fingerprint density at radius 3 is 2.26 bits per heavy atom. The summed E-state index contributed by atoms with van der Waals surface area (Å²) in [6.07, 6.45) is 0. The molecule has 0 fully saturated rings. The number of carbonyl (C=O) groups excluding carboxylic acids is 2. The fraction of sp³-hybridized carbons (Fsp3) is 0.320. The topological polar surface area (TPSA) is 73.2 Å². The fourth-order valence-corrected chi connectivity index (χ4v) is 3.00. The third-order valence-electron chi connectivity index (χ3n) is 4.89. The molecule has 0 bridgehead atoms. The predicted molar refractivity (Wildman–Crippen MR) is 122 cm³/mol. The van der Waals surface area contributed by atoms with Crippen molar-refractivity contribution in [2.24, 2.45) is 0 Å². The molecule has 0 unspecified atom stereocenters. The third-order valence-corrected chi connectivity index (χ3v) is 4.89. The lowest BCUT2D eigenvalue weighted by molar-refractivity contribution is -0.119. The molecule has 0 aliphatic carbocycles. The van der Waals surface area contributed by atoms with Crippen molar-refractivity contribution in [2.45, 2.75) is 46.0 Å². The minimum absolute atomic E-state index is 0.186. The van der Waals surface area contributed by atoms with Crippen LogP contribution in [0.25, 0.3) is 5.69 Å². The Hall–Kier alpha value is -3.41. The van der Waals surface area contributed by atoms with Crippen LogP contribution in [-0.4, -0.2) is 28.3 Å². The molecule has 31 heavy (non-hydrogen) atoms. The number of para-hydroxylation sites is 1. The highest BCUT2D eigenvalue weighted by molar-refractivity contribution is 5.95. The summed E-state index contributed by atoms with van der Waals surface area (Å²) in [6.45, 7) is 9.97. The van der Waals surface area contributed by atoms with Gasteiger partial charge in [0.05, 0.1) is 16.9 Å². The van der Waals surface area contributed by atoms with Gasteiger partial charge in [-0.3, -0.25) is 4.79 Å². The van der Waals surface area contributed by atoms with Crippen LogP contribution < -0.4 is 5.32 Å². The van der Waals surface area contributed by atoms with E-state index in [4.69, 9.17) is 4.74 Å². The molecule has 1 heterocycles. The standard InChI is InChI=1S/C25H29N3O3/c1-17(2)18-11-13-19(14-12-18)24(30)31-16-23(29)26-22-15-21(25(3,4)5)27-28(22)20-9-7-6-8-10-20/h6-15,17H,16H2,1-5H3,(H,26,29). The number of carbonyl (C=O) groups is 2. The summed E-state index contributed by atoms with van der Waals surface area (Å²) in [5, 5.41) is 7.48. The molecule has 0 aliphatic heterocycles. The van der Waals surface area contributed by atoms with E-state index in [1.807, 2.05) is 48.5 Å². The Bertz CT molecular complexity index is 1050. The van der Waals surface area contributed by atoms with Crippen LogP contribution in [0.5, 0.6) is 0 Å². The summed E-state index contributed by atoms with van der Waals surface area (Å²) in [5.41, 5.74) is 3.04. The second-order valence-electron chi connectivity index (χ2n) is 8.81. The number of esters is 1. The summed E-state index contributed by atoms with van der Waals surface area (Å²) < 4.78 is 6.89. The van der Waals surface area contributed by atoms with Gasteiger partial charge in [-0.15, -0.1) is 0 Å². The van der Waals surface area contributed by atoms with E-state index in [9.17, 15) is 9.59 Å². The minimum atomic E-state index is -0.530. The van der Waals surface area contributed by atoms with Gasteiger partial charge < -0.3 is 10.1 Å². The van der Waals surface area contributed by atoms with Gasteiger partial charge in [0.2, 0.25) is 0 Å². The van der Waals surface area contributed by atoms with Crippen molar-refractivity contribution in [3.8, 4) is 5.69 Å². The van der Waals surface area contributed by atoms with Gasteiger partial charge in [0.15, 0.2) is 6.61 Å². The van der Waals surface area contributed by atoms with E-state index in [1.54, 1.807) is 16.8 Å². The Kier molecular flexibility index (Phi) is 6.59. The maximum Gasteiger partial charge on any atom is 0.338 e. The van der Waals surface area contributed by atoms with E-state index in [2.05, 4.69) is 45.0 Å². The number of benzene rings is 2. The summed E-state index contributed by atoms with van der Waals surface area (Å²) in [5.74, 6) is -0.0520. The van der Waals surface area contributed by atoms with E-state index >= 15 is 0 Å². The molecule has 0 radical (unpaired) electrons. The number of rotatable bonds is 6. The number of nitrogens with zero attached hydrogens (tertiary/aromatic N) is 2. The van der Waals surface area contributed by atoms with E-state index in [1.165, 1.54) is 0 Å². The highest BCUT2D eigenvalue weighted by Gasteiger charge is 2.22. The molecule has 1 amide bonds. The van der Waals surface area contributed by atoms with Gasteiger partial charge in [-0.25, -0.2) is 9.48 Å². The van der Waals surface area contributed by atoms with Gasteiger partial charge in [0.25, 0.3) is 5.91 Å². The van der Waals surface area contributed by atoms with Gasteiger partial charge in [-0.1, -0.05) is 65.0 Å². The smallest absolute Gasteiger partial charge is 0.338 e. The first-order chi connectivity index (χ1) is 14.6. The molecule has 0 spiro atoms. The van der Waals surface area contributed by atoms with Crippen LogP contribution >= 0.6 is 0 Å². The Labute approximate surface area is 183 Å². The van der Waals surface area contributed by atoms with Gasteiger partial charge in [0, 0.05) is 11.5 Å². The molecule has 3 aromatic rings. The van der Waals surface area contributed by atoms with Crippen LogP contribution in [0.3, 0.4) is 0 Å². The van der Waals surface area contributed by atoms with Crippen LogP contribution in [0.15, 0.2) is 60.7 Å². The van der Waals surface area contributed by atoms with Gasteiger partial charge in [0.1, 0.15) is 5.82 Å². The van der Waals surface area contributed by atoms with E-state index in [0.29, 0.717) is 17.3 Å². The molecule has 2 aromatic carbocycles. The highest BCUT2D eigenvalue weighted by Crippen LogP contribution is 2.26. The van der Waals surface area contributed by atoms with E-state index in [-0.39, 0.29) is 12.0 Å². The SMILES string of the molecule is CC(C)c1ccc(C(=O)OCC(=O)Nc2cc(C(C)(C)C)nn2-c2ccccc2)cc1. The van der Waals surface area contributed by atoms with Gasteiger partial charge in [-0.05, 0) is 35.7 Å². The minimum Gasteiger partial charge on any atom is -0.452 e. The molecule has 6 nitrogen and oxygen atoms in total. The molecule has 3 rings (SSSR count). The van der Waals surface area contributed by atoms with Crippen molar-refractivity contribution in [1.82, 2.24) is 9.78 Å². The molecule has 0 saturated carbocycles. The van der Waals surface area contributed by atoms with Crippen LogP contribution in [0.1, 0.15) is 62.2 Å².